The lowest BCUT2D eigenvalue weighted by Gasteiger charge is -2.30. The van der Waals surface area contributed by atoms with Crippen LogP contribution >= 0.6 is 11.6 Å². The average molecular weight is 432 g/mol. The monoisotopic (exact) mass is 431 g/mol. The lowest BCUT2D eigenvalue weighted by molar-refractivity contribution is 0.0958. The highest BCUT2D eigenvalue weighted by Crippen LogP contribution is 2.28. The molecule has 0 aliphatic carbocycles. The van der Waals surface area contributed by atoms with E-state index in [4.69, 9.17) is 11.6 Å². The van der Waals surface area contributed by atoms with Crippen LogP contribution < -0.4 is 16.0 Å². The zero-order valence-corrected chi connectivity index (χ0v) is 17.6. The van der Waals surface area contributed by atoms with E-state index in [0.717, 1.165) is 5.56 Å². The normalized spacial score (nSPS) is 15.9. The molecule has 3 aromatic rings. The summed E-state index contributed by atoms with van der Waals surface area (Å²) in [6, 6.07) is 3.49. The van der Waals surface area contributed by atoms with Gasteiger partial charge >= 0.3 is 0 Å². The van der Waals surface area contributed by atoms with Crippen LogP contribution in [0.2, 0.25) is 5.15 Å². The van der Waals surface area contributed by atoms with E-state index in [0.29, 0.717) is 59.6 Å². The lowest BCUT2D eigenvalue weighted by Crippen LogP contribution is -2.43. The second kappa shape index (κ2) is 8.16. The highest BCUT2D eigenvalue weighted by atomic mass is 35.5. The largest absolute Gasteiger partial charge is 0.364 e. The molecule has 1 saturated heterocycles. The third-order valence-corrected chi connectivity index (χ3v) is 5.59. The second-order valence-corrected chi connectivity index (χ2v) is 7.80. The third-order valence-electron chi connectivity index (χ3n) is 5.38. The van der Waals surface area contributed by atoms with Crippen LogP contribution in [0.5, 0.6) is 0 Å². The molecule has 4 heterocycles. The second-order valence-electron chi connectivity index (χ2n) is 7.41. The maximum absolute atomic E-state index is 15.2. The lowest BCUT2D eigenvalue weighted by atomic mass is 9.94. The van der Waals surface area contributed by atoms with Gasteiger partial charge in [-0.3, -0.25) is 9.20 Å². The summed E-state index contributed by atoms with van der Waals surface area (Å²) in [4.78, 5) is 25.4. The van der Waals surface area contributed by atoms with Crippen LogP contribution in [0.4, 0.5) is 10.2 Å². The summed E-state index contributed by atoms with van der Waals surface area (Å²) in [5.74, 6) is 0.116. The van der Waals surface area contributed by atoms with Gasteiger partial charge in [-0.15, -0.1) is 0 Å². The summed E-state index contributed by atoms with van der Waals surface area (Å²) in [7, 11) is 1.55. The number of hydrogen-bond acceptors (Lipinski definition) is 6. The first-order chi connectivity index (χ1) is 14.4. The van der Waals surface area contributed by atoms with Crippen molar-refractivity contribution in [2.45, 2.75) is 25.4 Å². The average Bonchev–Trinajstić information content (AvgIpc) is 3.09. The predicted octanol–water partition coefficient (Wildman–Crippen LogP) is 2.62. The van der Waals surface area contributed by atoms with Crippen LogP contribution in [0.25, 0.3) is 16.9 Å². The molecule has 1 aliphatic heterocycles. The number of anilines is 1. The fourth-order valence-electron chi connectivity index (χ4n) is 3.61. The molecular formula is C20H23ClFN7O. The zero-order chi connectivity index (χ0) is 21.3. The number of imidazole rings is 1. The highest BCUT2D eigenvalue weighted by molar-refractivity contribution is 6.29. The van der Waals surface area contributed by atoms with E-state index < -0.39 is 5.67 Å². The first-order valence-electron chi connectivity index (χ1n) is 9.77. The Kier molecular flexibility index (Phi) is 5.57. The van der Waals surface area contributed by atoms with Crippen LogP contribution in [0.3, 0.4) is 0 Å². The van der Waals surface area contributed by atoms with Gasteiger partial charge in [-0.1, -0.05) is 11.6 Å². The molecule has 0 atom stereocenters. The molecule has 3 N–H and O–H groups in total. The van der Waals surface area contributed by atoms with Crippen molar-refractivity contribution in [3.8, 4) is 11.3 Å². The molecule has 1 fully saturated rings. The number of aromatic nitrogens is 4. The molecule has 0 unspecified atom stereocenters. The Hall–Kier alpha value is -2.78. The van der Waals surface area contributed by atoms with Gasteiger partial charge in [0.15, 0.2) is 11.5 Å². The van der Waals surface area contributed by atoms with Crippen molar-refractivity contribution < 1.29 is 9.18 Å². The van der Waals surface area contributed by atoms with E-state index in [2.05, 4.69) is 30.9 Å². The molecule has 0 spiro atoms. The Balaban J connectivity index is 1.80. The summed E-state index contributed by atoms with van der Waals surface area (Å²) >= 11 is 6.05. The third kappa shape index (κ3) is 3.95. The van der Waals surface area contributed by atoms with Gasteiger partial charge in [0.05, 0.1) is 17.9 Å². The standard InChI is InChI=1S/C20H23ClFN7O/c1-12-16(19(30)23-2)28-18-17(26-11-20(22)4-7-24-8-5-20)27-14(10-29(12)18)13-3-6-25-15(21)9-13/h3,6,9-10,24H,4-5,7-8,11H2,1-2H3,(H,23,30)(H,26,27). The SMILES string of the molecule is CNC(=O)c1nc2c(NCC3(F)CCNCC3)nc(-c3ccnc(Cl)c3)cn2c1C. The van der Waals surface area contributed by atoms with Gasteiger partial charge in [0.1, 0.15) is 16.5 Å². The van der Waals surface area contributed by atoms with Gasteiger partial charge in [-0.2, -0.15) is 0 Å². The maximum Gasteiger partial charge on any atom is 0.271 e. The smallest absolute Gasteiger partial charge is 0.271 e. The minimum atomic E-state index is -1.33. The van der Waals surface area contributed by atoms with E-state index >= 15 is 4.39 Å². The Morgan fingerprint density at radius 2 is 2.13 bits per heavy atom. The number of aryl methyl sites for hydroxylation is 1. The Labute approximate surface area is 178 Å². The first-order valence-corrected chi connectivity index (χ1v) is 10.2. The number of amides is 1. The van der Waals surface area contributed by atoms with Crippen molar-refractivity contribution >= 4 is 29.0 Å². The van der Waals surface area contributed by atoms with Crippen LogP contribution in [0.15, 0.2) is 24.5 Å². The number of halogens is 2. The van der Waals surface area contributed by atoms with Crippen LogP contribution in [0.1, 0.15) is 29.0 Å². The van der Waals surface area contributed by atoms with Crippen molar-refractivity contribution in [2.75, 3.05) is 32.0 Å². The van der Waals surface area contributed by atoms with Crippen LogP contribution in [-0.4, -0.2) is 57.6 Å². The molecule has 1 aliphatic rings. The fourth-order valence-corrected chi connectivity index (χ4v) is 3.78. The van der Waals surface area contributed by atoms with Crippen molar-refractivity contribution in [1.82, 2.24) is 30.0 Å². The molecule has 10 heteroatoms. The van der Waals surface area contributed by atoms with Gasteiger partial charge in [-0.25, -0.2) is 19.3 Å². The summed E-state index contributed by atoms with van der Waals surface area (Å²) in [5, 5.41) is 9.25. The molecule has 0 aromatic carbocycles. The zero-order valence-electron chi connectivity index (χ0n) is 16.8. The summed E-state index contributed by atoms with van der Waals surface area (Å²) < 4.78 is 16.9. The van der Waals surface area contributed by atoms with Crippen molar-refractivity contribution in [3.05, 3.63) is 41.1 Å². The van der Waals surface area contributed by atoms with E-state index in [9.17, 15) is 4.79 Å². The Morgan fingerprint density at radius 3 is 2.83 bits per heavy atom. The Morgan fingerprint density at radius 1 is 1.37 bits per heavy atom. The number of fused-ring (bicyclic) bond motifs is 1. The Bertz CT molecular complexity index is 1090. The summed E-state index contributed by atoms with van der Waals surface area (Å²) in [5.41, 5.74) is 1.46. The minimum Gasteiger partial charge on any atom is -0.364 e. The van der Waals surface area contributed by atoms with Gasteiger partial charge in [0.25, 0.3) is 5.91 Å². The van der Waals surface area contributed by atoms with E-state index in [1.54, 1.807) is 42.9 Å². The maximum atomic E-state index is 15.2. The number of nitrogens with zero attached hydrogens (tertiary/aromatic N) is 4. The number of pyridine rings is 1. The van der Waals surface area contributed by atoms with E-state index in [1.165, 1.54) is 0 Å². The quantitative estimate of drug-likeness (QED) is 0.537. The minimum absolute atomic E-state index is 0.110. The first kappa shape index (κ1) is 20.5. The molecule has 1 amide bonds. The fraction of sp³-hybridized carbons (Fsp3) is 0.400. The van der Waals surface area contributed by atoms with Gasteiger partial charge in [0, 0.05) is 25.0 Å². The molecule has 158 valence electrons. The molecule has 4 rings (SSSR count). The van der Waals surface area contributed by atoms with Crippen molar-refractivity contribution in [3.63, 3.8) is 0 Å². The van der Waals surface area contributed by atoms with E-state index in [-0.39, 0.29) is 12.5 Å². The van der Waals surface area contributed by atoms with Crippen molar-refractivity contribution in [2.24, 2.45) is 0 Å². The van der Waals surface area contributed by atoms with Crippen LogP contribution in [0, 0.1) is 6.92 Å². The number of carbonyl (C=O) groups excluding carboxylic acids is 1. The van der Waals surface area contributed by atoms with Gasteiger partial charge < -0.3 is 16.0 Å². The predicted molar refractivity (Wildman–Crippen MR) is 114 cm³/mol. The molecule has 0 bridgehead atoms. The number of alkyl halides is 1. The number of carbonyl (C=O) groups is 1. The van der Waals surface area contributed by atoms with Gasteiger partial charge in [-0.05, 0) is 45.0 Å². The molecular weight excluding hydrogens is 409 g/mol. The van der Waals surface area contributed by atoms with Crippen molar-refractivity contribution in [1.29, 1.82) is 0 Å². The molecule has 0 radical (unpaired) electrons. The number of rotatable bonds is 5. The van der Waals surface area contributed by atoms with Crippen LogP contribution in [-0.2, 0) is 0 Å². The molecule has 0 saturated carbocycles. The molecule has 3 aromatic heterocycles. The van der Waals surface area contributed by atoms with E-state index in [1.807, 2.05) is 0 Å². The highest BCUT2D eigenvalue weighted by Gasteiger charge is 2.32. The molecule has 30 heavy (non-hydrogen) atoms. The number of hydrogen-bond donors (Lipinski definition) is 3. The topological polar surface area (TPSA) is 96.2 Å². The molecule has 8 nitrogen and oxygen atoms in total. The van der Waals surface area contributed by atoms with Gasteiger partial charge in [0.2, 0.25) is 0 Å². The number of nitrogens with one attached hydrogen (secondary N) is 3. The summed E-state index contributed by atoms with van der Waals surface area (Å²) in [6.45, 7) is 3.19. The summed E-state index contributed by atoms with van der Waals surface area (Å²) in [6.07, 6.45) is 4.23. The number of piperidine rings is 1.